The fourth-order valence-electron chi connectivity index (χ4n) is 1.12. The maximum absolute atomic E-state index is 12.7. The van der Waals surface area contributed by atoms with Crippen molar-refractivity contribution in [1.29, 1.82) is 0 Å². The molecule has 0 radical (unpaired) electrons. The molecule has 0 spiro atoms. The van der Waals surface area contributed by atoms with Crippen LogP contribution in [0.4, 0.5) is 26.3 Å². The fourth-order valence-corrected chi connectivity index (χ4v) is 1.96. The molecule has 114 valence electrons. The minimum Gasteiger partial charge on any atom is -0.245 e. The van der Waals surface area contributed by atoms with E-state index < -0.39 is 33.5 Å². The van der Waals surface area contributed by atoms with E-state index in [-0.39, 0.29) is 0 Å². The van der Waals surface area contributed by atoms with E-state index in [1.54, 1.807) is 0 Å². The lowest BCUT2D eigenvalue weighted by atomic mass is 10.1. The molecule has 11 heteroatoms. The summed E-state index contributed by atoms with van der Waals surface area (Å²) in [6, 6.07) is 3.82. The Hall–Kier alpha value is -0.810. The van der Waals surface area contributed by atoms with Gasteiger partial charge in [0.25, 0.3) is 0 Å². The second-order valence-corrected chi connectivity index (χ2v) is 5.95. The molecule has 0 N–H and O–H groups in total. The van der Waals surface area contributed by atoms with Gasteiger partial charge in [-0.3, -0.25) is 0 Å². The molecule has 0 unspecified atom stereocenters. The van der Waals surface area contributed by atoms with Crippen LogP contribution in [0.2, 0.25) is 0 Å². The van der Waals surface area contributed by atoms with E-state index in [1.165, 1.54) is 0 Å². The van der Waals surface area contributed by atoms with Gasteiger partial charge in [0.1, 0.15) is 0 Å². The van der Waals surface area contributed by atoms with E-state index in [2.05, 4.69) is 20.1 Å². The molecule has 0 amide bonds. The molecule has 0 heterocycles. The minimum absolute atomic E-state index is 0.362. The SMILES string of the molecule is O=S(=O)(O[C@@H](c1ccc(Br)cc1)C(F)(F)F)C(F)(F)F. The largest absolute Gasteiger partial charge is 0.523 e. The van der Waals surface area contributed by atoms with Gasteiger partial charge >= 0.3 is 21.8 Å². The zero-order valence-electron chi connectivity index (χ0n) is 9.17. The topological polar surface area (TPSA) is 43.4 Å². The Morgan fingerprint density at radius 3 is 1.80 bits per heavy atom. The van der Waals surface area contributed by atoms with Gasteiger partial charge in [0.05, 0.1) is 0 Å². The Morgan fingerprint density at radius 2 is 1.45 bits per heavy atom. The third-order valence-corrected chi connectivity index (χ3v) is 3.52. The zero-order valence-corrected chi connectivity index (χ0v) is 11.6. The predicted molar refractivity (Wildman–Crippen MR) is 59.0 cm³/mol. The highest BCUT2D eigenvalue weighted by molar-refractivity contribution is 9.10. The number of rotatable bonds is 3. The van der Waals surface area contributed by atoms with Crippen molar-refractivity contribution in [2.24, 2.45) is 0 Å². The van der Waals surface area contributed by atoms with E-state index in [1.807, 2.05) is 0 Å². The van der Waals surface area contributed by atoms with Crippen LogP contribution in [0.15, 0.2) is 28.7 Å². The first-order valence-corrected chi connectivity index (χ1v) is 6.86. The number of benzene rings is 1. The van der Waals surface area contributed by atoms with Crippen molar-refractivity contribution in [3.63, 3.8) is 0 Å². The number of halogens is 7. The van der Waals surface area contributed by atoms with Crippen LogP contribution in [0, 0.1) is 0 Å². The molecule has 1 aromatic rings. The van der Waals surface area contributed by atoms with Crippen LogP contribution in [0.25, 0.3) is 0 Å². The standard InChI is InChI=1S/C9H5BrF6O3S/c10-6-3-1-5(2-4-6)7(8(11,12)13)19-20(17,18)9(14,15)16/h1-4,7H/t7-/m0/s1. The number of hydrogen-bond donors (Lipinski definition) is 0. The first-order chi connectivity index (χ1) is 8.84. The fraction of sp³-hybridized carbons (Fsp3) is 0.333. The maximum atomic E-state index is 12.7. The van der Waals surface area contributed by atoms with E-state index in [0.717, 1.165) is 24.3 Å². The van der Waals surface area contributed by atoms with Gasteiger partial charge in [-0.05, 0) is 17.7 Å². The summed E-state index contributed by atoms with van der Waals surface area (Å²) in [6.07, 6.45) is -8.56. The summed E-state index contributed by atoms with van der Waals surface area (Å²) < 4.78 is 99.2. The molecule has 1 rings (SSSR count). The van der Waals surface area contributed by atoms with Crippen molar-refractivity contribution in [2.75, 3.05) is 0 Å². The lowest BCUT2D eigenvalue weighted by Gasteiger charge is -2.21. The quantitative estimate of drug-likeness (QED) is 0.449. The molecule has 0 aliphatic carbocycles. The molecule has 0 bridgehead atoms. The van der Waals surface area contributed by atoms with E-state index in [9.17, 15) is 34.8 Å². The second-order valence-electron chi connectivity index (χ2n) is 3.47. The minimum atomic E-state index is -6.37. The van der Waals surface area contributed by atoms with Crippen LogP contribution in [-0.2, 0) is 14.3 Å². The maximum Gasteiger partial charge on any atom is 0.523 e. The normalized spacial score (nSPS) is 15.2. The van der Waals surface area contributed by atoms with Gasteiger partial charge in [0.15, 0.2) is 6.10 Å². The van der Waals surface area contributed by atoms with E-state index in [4.69, 9.17) is 0 Å². The highest BCUT2D eigenvalue weighted by Gasteiger charge is 2.53. The Bertz CT molecular complexity index is 563. The summed E-state index contributed by atoms with van der Waals surface area (Å²) in [4.78, 5) is 0. The van der Waals surface area contributed by atoms with Gasteiger partial charge in [-0.15, -0.1) is 0 Å². The molecule has 0 fully saturated rings. The number of alkyl halides is 6. The first kappa shape index (κ1) is 17.2. The summed E-state index contributed by atoms with van der Waals surface area (Å²) in [5, 5.41) is 0. The molecule has 1 aromatic carbocycles. The van der Waals surface area contributed by atoms with Gasteiger partial charge in [-0.1, -0.05) is 28.1 Å². The monoisotopic (exact) mass is 386 g/mol. The summed E-state index contributed by atoms with van der Waals surface area (Å²) >= 11 is 2.92. The molecular weight excluding hydrogens is 382 g/mol. The Balaban J connectivity index is 3.20. The van der Waals surface area contributed by atoms with Crippen molar-refractivity contribution in [2.45, 2.75) is 17.8 Å². The third-order valence-electron chi connectivity index (χ3n) is 1.98. The highest BCUT2D eigenvalue weighted by Crippen LogP contribution is 2.40. The third kappa shape index (κ3) is 4.09. The van der Waals surface area contributed by atoms with Crippen molar-refractivity contribution in [3.8, 4) is 0 Å². The first-order valence-electron chi connectivity index (χ1n) is 4.66. The lowest BCUT2D eigenvalue weighted by molar-refractivity contribution is -0.200. The molecule has 20 heavy (non-hydrogen) atoms. The molecule has 0 saturated heterocycles. The summed E-state index contributed by atoms with van der Waals surface area (Å²) in [7, 11) is -6.37. The van der Waals surface area contributed by atoms with Crippen molar-refractivity contribution < 1.29 is 38.9 Å². The highest BCUT2D eigenvalue weighted by atomic mass is 79.9. The van der Waals surface area contributed by atoms with Gasteiger partial charge in [0.2, 0.25) is 0 Å². The lowest BCUT2D eigenvalue weighted by Crippen LogP contribution is -2.32. The van der Waals surface area contributed by atoms with Crippen LogP contribution >= 0.6 is 15.9 Å². The zero-order chi connectivity index (χ0) is 15.8. The Morgan fingerprint density at radius 1 is 1.00 bits per heavy atom. The summed E-state index contributed by atoms with van der Waals surface area (Å²) in [5.41, 5.74) is -6.71. The molecule has 0 aromatic heterocycles. The van der Waals surface area contributed by atoms with E-state index in [0.29, 0.717) is 4.47 Å². The van der Waals surface area contributed by atoms with Crippen LogP contribution in [0.3, 0.4) is 0 Å². The molecular formula is C9H5BrF6O3S. The molecule has 0 aliphatic rings. The molecule has 0 saturated carbocycles. The molecule has 3 nitrogen and oxygen atoms in total. The van der Waals surface area contributed by atoms with Crippen molar-refractivity contribution >= 4 is 26.0 Å². The molecule has 0 aliphatic heterocycles. The summed E-state index contributed by atoms with van der Waals surface area (Å²) in [6.45, 7) is 0. The predicted octanol–water partition coefficient (Wildman–Crippen LogP) is 3.92. The average molecular weight is 387 g/mol. The Labute approximate surface area is 117 Å². The van der Waals surface area contributed by atoms with Gasteiger partial charge in [0, 0.05) is 4.47 Å². The van der Waals surface area contributed by atoms with E-state index >= 15 is 0 Å². The van der Waals surface area contributed by atoms with Gasteiger partial charge < -0.3 is 0 Å². The van der Waals surface area contributed by atoms with Crippen molar-refractivity contribution in [1.82, 2.24) is 0 Å². The van der Waals surface area contributed by atoms with Crippen LogP contribution in [-0.4, -0.2) is 20.1 Å². The van der Waals surface area contributed by atoms with Gasteiger partial charge in [-0.2, -0.15) is 34.8 Å². The average Bonchev–Trinajstić information content (AvgIpc) is 2.24. The second kappa shape index (κ2) is 5.53. The smallest absolute Gasteiger partial charge is 0.245 e. The Kier molecular flexibility index (Phi) is 4.76. The summed E-state index contributed by atoms with van der Waals surface area (Å²) in [5.74, 6) is 0. The van der Waals surface area contributed by atoms with Crippen molar-refractivity contribution in [3.05, 3.63) is 34.3 Å². The van der Waals surface area contributed by atoms with Crippen LogP contribution < -0.4 is 0 Å². The molecule has 1 atom stereocenters. The number of hydrogen-bond acceptors (Lipinski definition) is 3. The van der Waals surface area contributed by atoms with Crippen LogP contribution in [0.1, 0.15) is 11.7 Å². The van der Waals surface area contributed by atoms with Crippen LogP contribution in [0.5, 0.6) is 0 Å². The van der Waals surface area contributed by atoms with Gasteiger partial charge in [-0.25, -0.2) is 4.18 Å².